The number of nitrogens with one attached hydrogen (secondary N) is 4. The number of unbranched alkanes of at least 4 members (excludes halogenated alkanes) is 4. The second kappa shape index (κ2) is 25.8. The van der Waals surface area contributed by atoms with Crippen LogP contribution in [0, 0.1) is 0 Å². The highest BCUT2D eigenvalue weighted by atomic mass is 16.5. The van der Waals surface area contributed by atoms with Crippen LogP contribution in [0.2, 0.25) is 0 Å². The number of anilines is 2. The highest BCUT2D eigenvalue weighted by Gasteiger charge is 2.33. The minimum absolute atomic E-state index is 0.00996. The Balaban J connectivity index is 0.799. The molecule has 4 aromatic rings. The Kier molecular flexibility index (Phi) is 18.3. The van der Waals surface area contributed by atoms with Crippen LogP contribution in [-0.2, 0) is 41.8 Å². The minimum Gasteiger partial charge on any atom is -0.493 e. The summed E-state index contributed by atoms with van der Waals surface area (Å²) < 4.78 is 18.2. The lowest BCUT2D eigenvalue weighted by Crippen LogP contribution is -2.47. The maximum absolute atomic E-state index is 13.8. The Labute approximate surface area is 440 Å². The zero-order chi connectivity index (χ0) is 53.6. The van der Waals surface area contributed by atoms with Crippen molar-refractivity contribution in [2.24, 2.45) is 10.7 Å². The van der Waals surface area contributed by atoms with E-state index in [1.54, 1.807) is 31.4 Å². The Bertz CT molecular complexity index is 2890. The van der Waals surface area contributed by atoms with Crippen molar-refractivity contribution in [3.8, 4) is 17.2 Å². The molecule has 20 nitrogen and oxygen atoms in total. The number of nitrogens with two attached hydrogens (primary N) is 1. The van der Waals surface area contributed by atoms with Crippen molar-refractivity contribution < 1.29 is 52.6 Å². The summed E-state index contributed by atoms with van der Waals surface area (Å²) >= 11 is 0. The number of urea groups is 1. The van der Waals surface area contributed by atoms with Gasteiger partial charge in [0, 0.05) is 80.6 Å². The molecule has 76 heavy (non-hydrogen) atoms. The van der Waals surface area contributed by atoms with Crippen molar-refractivity contribution in [2.75, 3.05) is 56.7 Å². The van der Waals surface area contributed by atoms with Crippen molar-refractivity contribution in [1.82, 2.24) is 25.8 Å². The molecule has 0 unspecified atom stereocenters. The zero-order valence-electron chi connectivity index (χ0n) is 42.7. The van der Waals surface area contributed by atoms with Crippen LogP contribution in [-0.4, -0.2) is 122 Å². The molecule has 4 aliphatic heterocycles. The molecule has 20 heteroatoms. The molecule has 9 amide bonds. The summed E-state index contributed by atoms with van der Waals surface area (Å²) in [6.07, 6.45) is 11.7. The van der Waals surface area contributed by atoms with Crippen molar-refractivity contribution in [3.63, 3.8) is 0 Å². The van der Waals surface area contributed by atoms with Gasteiger partial charge in [0.05, 0.1) is 43.2 Å². The summed E-state index contributed by atoms with van der Waals surface area (Å²) in [6.45, 7) is 1.98. The third kappa shape index (κ3) is 13.7. The average Bonchev–Trinajstić information content (AvgIpc) is 4.19. The summed E-state index contributed by atoms with van der Waals surface area (Å²) in [4.78, 5) is 110. The number of amides is 9. The van der Waals surface area contributed by atoms with Gasteiger partial charge in [0.15, 0.2) is 11.5 Å². The number of carbonyl (C=O) groups is 8. The average molecular weight is 1040 g/mol. The number of nitrogens with zero attached hydrogens (tertiary/aromatic N) is 4. The van der Waals surface area contributed by atoms with Crippen LogP contribution in [0.15, 0.2) is 83.9 Å². The molecule has 8 rings (SSSR count). The number of aliphatic imine (C=N–C) groups is 1. The number of hydrogen-bond donors (Lipinski definition) is 5. The molecule has 6 N–H and O–H groups in total. The van der Waals surface area contributed by atoms with E-state index >= 15 is 0 Å². The molecular weight excluding hydrogens is 975 g/mol. The van der Waals surface area contributed by atoms with Gasteiger partial charge in [0.1, 0.15) is 18.4 Å². The van der Waals surface area contributed by atoms with Crippen LogP contribution >= 0.6 is 0 Å². The van der Waals surface area contributed by atoms with Crippen LogP contribution in [0.5, 0.6) is 17.2 Å². The molecule has 0 aromatic heterocycles. The number of fused-ring (bicyclic) bond motifs is 5. The maximum atomic E-state index is 13.8. The van der Waals surface area contributed by atoms with E-state index in [9.17, 15) is 38.4 Å². The zero-order valence-corrected chi connectivity index (χ0v) is 42.7. The third-order valence-corrected chi connectivity index (χ3v) is 13.9. The summed E-state index contributed by atoms with van der Waals surface area (Å²) in [5.41, 5.74) is 9.50. The molecule has 0 aliphatic carbocycles. The molecule has 4 heterocycles. The van der Waals surface area contributed by atoms with Gasteiger partial charge in [0.2, 0.25) is 23.6 Å². The Morgan fingerprint density at radius 2 is 1.55 bits per heavy atom. The quantitative estimate of drug-likeness (QED) is 0.0374. The molecule has 400 valence electrons. The number of benzene rings is 4. The smallest absolute Gasteiger partial charge is 0.312 e. The van der Waals surface area contributed by atoms with Gasteiger partial charge in [-0.1, -0.05) is 42.8 Å². The van der Waals surface area contributed by atoms with Crippen LogP contribution in [0.25, 0.3) is 10.8 Å². The van der Waals surface area contributed by atoms with E-state index in [1.807, 2.05) is 52.4 Å². The number of methoxy groups -OCH3 is 1. The summed E-state index contributed by atoms with van der Waals surface area (Å²) in [5, 5.41) is 12.5. The summed E-state index contributed by atoms with van der Waals surface area (Å²) in [7, 11) is 1.55. The lowest BCUT2D eigenvalue weighted by molar-refractivity contribution is -0.137. The van der Waals surface area contributed by atoms with E-state index in [2.05, 4.69) is 32.3 Å². The summed E-state index contributed by atoms with van der Waals surface area (Å²) in [6, 6.07) is 18.8. The molecule has 0 bridgehead atoms. The number of hydrogen-bond acceptors (Lipinski definition) is 12. The van der Waals surface area contributed by atoms with E-state index in [4.69, 9.17) is 19.9 Å². The highest BCUT2D eigenvalue weighted by Crippen LogP contribution is 2.41. The first-order chi connectivity index (χ1) is 36.9. The van der Waals surface area contributed by atoms with Gasteiger partial charge < -0.3 is 51.0 Å². The number of rotatable bonds is 26. The summed E-state index contributed by atoms with van der Waals surface area (Å²) in [5.74, 6) is -0.503. The van der Waals surface area contributed by atoms with E-state index in [-0.39, 0.29) is 74.7 Å². The molecule has 0 radical (unpaired) electrons. The van der Waals surface area contributed by atoms with Crippen molar-refractivity contribution in [3.05, 3.63) is 95.6 Å². The predicted molar refractivity (Wildman–Crippen MR) is 285 cm³/mol. The normalized spacial score (nSPS) is 15.7. The van der Waals surface area contributed by atoms with E-state index < -0.39 is 23.9 Å². The Morgan fingerprint density at radius 3 is 2.33 bits per heavy atom. The molecule has 1 fully saturated rings. The number of carbonyl (C=O) groups excluding carboxylic acids is 8. The molecule has 4 aliphatic rings. The number of primary amides is 1. The van der Waals surface area contributed by atoms with Gasteiger partial charge >= 0.3 is 6.03 Å². The standard InChI is InChI=1S/C56H65N9O11/c1-74-47-30-42-44(59-33-38-12-11-27-63(38)55(42)72)31-48(47)75-29-9-3-5-17-51(68)64-28-24-40-39-13-6-7-14-41(39)46(32-45(40)64)76-35-36-18-20-37(21-19-36)61-54(71)43(15-10-25-58-56(57)73)62-50(67)34-60-49(66)16-4-2-8-26-65-52(69)22-23-53(65)70/h6-7,13-14,18-23,30-33,38,43H,2-5,8-12,15-17,24-29,34-35H2,1H3,(H,60,66)(H,61,71)(H,62,67)(H3,57,58,73)/t38-,43-/m0/s1. The fraction of sp³-hybridized carbons (Fsp3) is 0.411. The SMILES string of the molecule is COc1cc2c(cc1OCCCCCC(=O)N1CCc3c1cc(OCc1ccc(NC(=O)[C@H](CCCNC(N)=O)NC(=O)CNC(=O)CCCCCN4C(=O)C=CC4=O)cc1)c1ccccc31)N=C[C@@H]1CCCN1C2=O. The molecule has 1 saturated heterocycles. The Morgan fingerprint density at radius 1 is 0.789 bits per heavy atom. The van der Waals surface area contributed by atoms with Crippen LogP contribution in [0.4, 0.5) is 21.9 Å². The van der Waals surface area contributed by atoms with Gasteiger partial charge in [-0.25, -0.2) is 4.79 Å². The molecule has 0 saturated carbocycles. The fourth-order valence-corrected chi connectivity index (χ4v) is 9.86. The lowest BCUT2D eigenvalue weighted by Gasteiger charge is -2.20. The van der Waals surface area contributed by atoms with E-state index in [0.717, 1.165) is 64.6 Å². The minimum atomic E-state index is -1.00. The van der Waals surface area contributed by atoms with Crippen molar-refractivity contribution >= 4 is 81.4 Å². The van der Waals surface area contributed by atoms with Gasteiger partial charge in [-0.15, -0.1) is 0 Å². The van der Waals surface area contributed by atoms with Gasteiger partial charge in [-0.3, -0.25) is 43.5 Å². The van der Waals surface area contributed by atoms with Gasteiger partial charge in [0.25, 0.3) is 17.7 Å². The highest BCUT2D eigenvalue weighted by molar-refractivity contribution is 6.13. The topological polar surface area (TPSA) is 260 Å². The van der Waals surface area contributed by atoms with Crippen molar-refractivity contribution in [1.29, 1.82) is 0 Å². The second-order valence-electron chi connectivity index (χ2n) is 19.2. The van der Waals surface area contributed by atoms with E-state index in [1.165, 1.54) is 12.2 Å². The molecule has 4 aromatic carbocycles. The first kappa shape index (κ1) is 54.0. The van der Waals surface area contributed by atoms with Crippen LogP contribution in [0.3, 0.4) is 0 Å². The second-order valence-corrected chi connectivity index (χ2v) is 19.2. The third-order valence-electron chi connectivity index (χ3n) is 13.9. The number of ether oxygens (including phenoxy) is 3. The van der Waals surface area contributed by atoms with Gasteiger partial charge in [-0.05, 0) is 98.9 Å². The first-order valence-corrected chi connectivity index (χ1v) is 26.1. The molecule has 0 spiro atoms. The van der Waals surface area contributed by atoms with Crippen LogP contribution in [0.1, 0.15) is 98.5 Å². The molecule has 2 atom stereocenters. The molecular formula is C56H65N9O11. The van der Waals surface area contributed by atoms with Gasteiger partial charge in [-0.2, -0.15) is 0 Å². The van der Waals surface area contributed by atoms with E-state index in [0.29, 0.717) is 92.4 Å². The predicted octanol–water partition coefficient (Wildman–Crippen LogP) is 5.75. The Hall–Kier alpha value is -8.29. The monoisotopic (exact) mass is 1040 g/mol. The maximum Gasteiger partial charge on any atom is 0.312 e. The lowest BCUT2D eigenvalue weighted by atomic mass is 10.0. The van der Waals surface area contributed by atoms with Crippen molar-refractivity contribution in [2.45, 2.75) is 102 Å². The first-order valence-electron chi connectivity index (χ1n) is 26.1. The fourth-order valence-electron chi connectivity index (χ4n) is 9.86. The largest absolute Gasteiger partial charge is 0.493 e. The number of imide groups is 1. The van der Waals surface area contributed by atoms with Crippen LogP contribution < -0.4 is 46.1 Å².